The summed E-state index contributed by atoms with van der Waals surface area (Å²) in [6.07, 6.45) is 1.26. The zero-order valence-corrected chi connectivity index (χ0v) is 16.0. The Morgan fingerprint density at radius 2 is 2.20 bits per heavy atom. The molecule has 0 saturated carbocycles. The van der Waals surface area contributed by atoms with E-state index in [-0.39, 0.29) is 12.4 Å². The molecule has 25 heavy (non-hydrogen) atoms. The summed E-state index contributed by atoms with van der Waals surface area (Å²) in [5.41, 5.74) is 4.07. The lowest BCUT2D eigenvalue weighted by atomic mass is 10.1. The van der Waals surface area contributed by atoms with E-state index in [4.69, 9.17) is 4.42 Å². The highest BCUT2D eigenvalue weighted by molar-refractivity contribution is 7.09. The van der Waals surface area contributed by atoms with Gasteiger partial charge in [-0.25, -0.2) is 4.98 Å². The van der Waals surface area contributed by atoms with Crippen LogP contribution in [-0.2, 0) is 13.1 Å². The Balaban J connectivity index is 0.00000182. The van der Waals surface area contributed by atoms with Crippen LogP contribution in [0.25, 0.3) is 11.0 Å². The number of aromatic nitrogens is 1. The van der Waals surface area contributed by atoms with Gasteiger partial charge in [0.2, 0.25) is 0 Å². The molecule has 1 N–H and O–H groups in total. The molecule has 0 bridgehead atoms. The average Bonchev–Trinajstić information content (AvgIpc) is 3.29. The van der Waals surface area contributed by atoms with Crippen LogP contribution >= 0.6 is 23.7 Å². The van der Waals surface area contributed by atoms with Gasteiger partial charge in [0.25, 0.3) is 0 Å². The predicted octanol–water partition coefficient (Wildman–Crippen LogP) is 4.23. The van der Waals surface area contributed by atoms with E-state index in [1.807, 2.05) is 17.6 Å². The largest absolute Gasteiger partial charge is 0.460 e. The van der Waals surface area contributed by atoms with Crippen molar-refractivity contribution >= 4 is 34.7 Å². The molecule has 0 radical (unpaired) electrons. The molecular weight excluding hydrogens is 354 g/mol. The molecule has 1 unspecified atom stereocenters. The van der Waals surface area contributed by atoms with Crippen LogP contribution < -0.4 is 5.32 Å². The van der Waals surface area contributed by atoms with Crippen LogP contribution in [0.15, 0.2) is 40.3 Å². The van der Waals surface area contributed by atoms with Crippen LogP contribution in [0.4, 0.5) is 0 Å². The minimum atomic E-state index is 0. The number of nitrogens with one attached hydrogen (secondary N) is 1. The monoisotopic (exact) mass is 377 g/mol. The third kappa shape index (κ3) is 4.42. The highest BCUT2D eigenvalue weighted by Crippen LogP contribution is 2.23. The number of rotatable bonds is 6. The van der Waals surface area contributed by atoms with Crippen molar-refractivity contribution in [2.75, 3.05) is 19.6 Å². The Kier molecular flexibility index (Phi) is 6.12. The van der Waals surface area contributed by atoms with Crippen LogP contribution in [0.1, 0.15) is 22.8 Å². The minimum Gasteiger partial charge on any atom is -0.460 e. The Hall–Kier alpha value is -1.40. The number of aryl methyl sites for hydroxylation is 1. The average molecular weight is 378 g/mol. The lowest BCUT2D eigenvalue weighted by Crippen LogP contribution is -2.29. The van der Waals surface area contributed by atoms with E-state index >= 15 is 0 Å². The fourth-order valence-corrected chi connectivity index (χ4v) is 4.26. The number of hydrogen-bond donors (Lipinski definition) is 1. The summed E-state index contributed by atoms with van der Waals surface area (Å²) in [4.78, 5) is 8.27. The molecule has 1 aromatic carbocycles. The maximum Gasteiger partial charge on any atom is 0.134 e. The lowest BCUT2D eigenvalue weighted by molar-refractivity contribution is 0.207. The second kappa shape index (κ2) is 8.32. The van der Waals surface area contributed by atoms with E-state index in [0.717, 1.165) is 55.7 Å². The maximum atomic E-state index is 6.04. The molecule has 1 saturated heterocycles. The van der Waals surface area contributed by atoms with Crippen LogP contribution in [0.2, 0.25) is 0 Å². The fourth-order valence-electron chi connectivity index (χ4n) is 3.44. The molecule has 1 aliphatic rings. The number of nitrogens with zero attached hydrogens (tertiary/aromatic N) is 2. The smallest absolute Gasteiger partial charge is 0.134 e. The molecule has 4 rings (SSSR count). The van der Waals surface area contributed by atoms with Crippen molar-refractivity contribution in [3.63, 3.8) is 0 Å². The van der Waals surface area contributed by atoms with E-state index in [0.29, 0.717) is 0 Å². The number of hydrogen-bond acceptors (Lipinski definition) is 5. The SMILES string of the molecule is Cc1ncsc1CN(Cc1cc2ccccc2o1)CC1CCNC1.Cl. The summed E-state index contributed by atoms with van der Waals surface area (Å²) < 4.78 is 6.04. The Morgan fingerprint density at radius 1 is 1.32 bits per heavy atom. The van der Waals surface area contributed by atoms with Gasteiger partial charge in [0.05, 0.1) is 17.7 Å². The second-order valence-corrected chi connectivity index (χ2v) is 7.58. The summed E-state index contributed by atoms with van der Waals surface area (Å²) >= 11 is 1.75. The zero-order chi connectivity index (χ0) is 16.4. The van der Waals surface area contributed by atoms with Crippen molar-refractivity contribution < 1.29 is 4.42 Å². The van der Waals surface area contributed by atoms with Crippen LogP contribution in [0, 0.1) is 12.8 Å². The third-order valence-electron chi connectivity index (χ3n) is 4.75. The van der Waals surface area contributed by atoms with Crippen LogP contribution in [0.5, 0.6) is 0 Å². The molecule has 3 aromatic rings. The molecular formula is C19H24ClN3OS. The molecule has 2 aromatic heterocycles. The van der Waals surface area contributed by atoms with E-state index in [2.05, 4.69) is 40.3 Å². The third-order valence-corrected chi connectivity index (χ3v) is 5.67. The molecule has 0 aliphatic carbocycles. The Bertz CT molecular complexity index is 777. The predicted molar refractivity (Wildman–Crippen MR) is 105 cm³/mol. The maximum absolute atomic E-state index is 6.04. The van der Waals surface area contributed by atoms with Crippen molar-refractivity contribution in [2.24, 2.45) is 5.92 Å². The molecule has 134 valence electrons. The topological polar surface area (TPSA) is 41.3 Å². The molecule has 1 aliphatic heterocycles. The summed E-state index contributed by atoms with van der Waals surface area (Å²) in [6.45, 7) is 7.26. The molecule has 1 fully saturated rings. The second-order valence-electron chi connectivity index (χ2n) is 6.64. The molecule has 0 amide bonds. The zero-order valence-electron chi connectivity index (χ0n) is 14.4. The van der Waals surface area contributed by atoms with Gasteiger partial charge in [-0.2, -0.15) is 0 Å². The highest BCUT2D eigenvalue weighted by atomic mass is 35.5. The Morgan fingerprint density at radius 3 is 2.92 bits per heavy atom. The van der Waals surface area contributed by atoms with Crippen LogP contribution in [-0.4, -0.2) is 29.5 Å². The molecule has 1 atom stereocenters. The number of furan rings is 1. The minimum absolute atomic E-state index is 0. The molecule has 6 heteroatoms. The molecule has 0 spiro atoms. The van der Waals surface area contributed by atoms with Crippen molar-refractivity contribution in [2.45, 2.75) is 26.4 Å². The normalized spacial score (nSPS) is 17.3. The number of fused-ring (bicyclic) bond motifs is 1. The van der Waals surface area contributed by atoms with Crippen molar-refractivity contribution in [3.05, 3.63) is 52.2 Å². The van der Waals surface area contributed by atoms with Gasteiger partial charge in [-0.1, -0.05) is 18.2 Å². The van der Waals surface area contributed by atoms with Gasteiger partial charge in [-0.3, -0.25) is 4.90 Å². The van der Waals surface area contributed by atoms with Gasteiger partial charge in [-0.15, -0.1) is 23.7 Å². The van der Waals surface area contributed by atoms with E-state index in [1.165, 1.54) is 16.7 Å². The summed E-state index contributed by atoms with van der Waals surface area (Å²) in [5, 5.41) is 4.66. The van der Waals surface area contributed by atoms with Gasteiger partial charge in [0, 0.05) is 23.4 Å². The van der Waals surface area contributed by atoms with Gasteiger partial charge < -0.3 is 9.73 Å². The van der Waals surface area contributed by atoms with Gasteiger partial charge in [-0.05, 0) is 44.5 Å². The standard InChI is InChI=1S/C19H23N3OS.ClH/c1-14-19(24-13-21-14)12-22(10-15-6-7-20-9-15)11-17-8-16-4-2-3-5-18(16)23-17;/h2-5,8,13,15,20H,6-7,9-12H2,1H3;1H. The van der Waals surface area contributed by atoms with Gasteiger partial charge in [0.1, 0.15) is 11.3 Å². The summed E-state index contributed by atoms with van der Waals surface area (Å²) in [5.74, 6) is 1.77. The molecule has 4 nitrogen and oxygen atoms in total. The first-order valence-electron chi connectivity index (χ1n) is 8.57. The first-order chi connectivity index (χ1) is 11.8. The number of para-hydroxylation sites is 1. The fraction of sp³-hybridized carbons (Fsp3) is 0.421. The van der Waals surface area contributed by atoms with Crippen molar-refractivity contribution in [1.29, 1.82) is 0 Å². The highest BCUT2D eigenvalue weighted by Gasteiger charge is 2.20. The summed E-state index contributed by atoms with van der Waals surface area (Å²) in [7, 11) is 0. The first kappa shape index (κ1) is 18.4. The van der Waals surface area contributed by atoms with E-state index in [1.54, 1.807) is 11.3 Å². The van der Waals surface area contributed by atoms with Gasteiger partial charge in [0.15, 0.2) is 0 Å². The number of halogens is 1. The van der Waals surface area contributed by atoms with E-state index < -0.39 is 0 Å². The molecule has 3 heterocycles. The number of thiazole rings is 1. The lowest BCUT2D eigenvalue weighted by Gasteiger charge is -2.24. The Labute approximate surface area is 158 Å². The van der Waals surface area contributed by atoms with E-state index in [9.17, 15) is 0 Å². The van der Waals surface area contributed by atoms with Gasteiger partial charge >= 0.3 is 0 Å². The van der Waals surface area contributed by atoms with Crippen molar-refractivity contribution in [1.82, 2.24) is 15.2 Å². The summed E-state index contributed by atoms with van der Waals surface area (Å²) in [6, 6.07) is 10.4. The first-order valence-corrected chi connectivity index (χ1v) is 9.45. The van der Waals surface area contributed by atoms with Crippen LogP contribution in [0.3, 0.4) is 0 Å². The number of benzene rings is 1. The van der Waals surface area contributed by atoms with Crippen molar-refractivity contribution in [3.8, 4) is 0 Å². The quantitative estimate of drug-likeness (QED) is 0.697.